The van der Waals surface area contributed by atoms with E-state index in [0.717, 1.165) is 0 Å². The van der Waals surface area contributed by atoms with E-state index in [1.54, 1.807) is 48.5 Å². The quantitative estimate of drug-likeness (QED) is 0.364. The molecule has 8 heteroatoms. The van der Waals surface area contributed by atoms with Gasteiger partial charge in [0, 0.05) is 29.6 Å². The van der Waals surface area contributed by atoms with E-state index in [1.807, 2.05) is 5.38 Å². The van der Waals surface area contributed by atoms with Gasteiger partial charge in [0.1, 0.15) is 0 Å². The second-order valence-corrected chi connectivity index (χ2v) is 6.63. The SMILES string of the molecule is O=C(/C=C/c1cccc([N+](=O)[O-])c1)Nc1cccc(NC(=O)c2cccs2)c1. The molecule has 0 saturated heterocycles. The number of amides is 2. The van der Waals surface area contributed by atoms with Crippen LogP contribution >= 0.6 is 11.3 Å². The van der Waals surface area contributed by atoms with E-state index in [9.17, 15) is 19.7 Å². The standard InChI is InChI=1S/C20H15N3O4S/c24-19(10-9-14-4-1-7-17(12-14)23(26)27)21-15-5-2-6-16(13-15)22-20(25)18-8-3-11-28-18/h1-13H,(H,21,24)(H,22,25)/b10-9+. The maximum Gasteiger partial charge on any atom is 0.270 e. The number of rotatable bonds is 6. The summed E-state index contributed by atoms with van der Waals surface area (Å²) in [4.78, 5) is 35.1. The number of nitro benzene ring substituents is 1. The second kappa shape index (κ2) is 8.74. The predicted octanol–water partition coefficient (Wildman–Crippen LogP) is 4.56. The number of thiophene rings is 1. The fourth-order valence-electron chi connectivity index (χ4n) is 2.37. The van der Waals surface area contributed by atoms with E-state index in [4.69, 9.17) is 0 Å². The minimum Gasteiger partial charge on any atom is -0.322 e. The van der Waals surface area contributed by atoms with E-state index < -0.39 is 10.8 Å². The van der Waals surface area contributed by atoms with Crippen LogP contribution in [0.4, 0.5) is 17.1 Å². The summed E-state index contributed by atoms with van der Waals surface area (Å²) in [5.74, 6) is -0.614. The lowest BCUT2D eigenvalue weighted by Crippen LogP contribution is -2.11. The Balaban J connectivity index is 1.63. The Labute approximate surface area is 164 Å². The van der Waals surface area contributed by atoms with Crippen LogP contribution in [-0.4, -0.2) is 16.7 Å². The lowest BCUT2D eigenvalue weighted by atomic mass is 10.2. The van der Waals surface area contributed by atoms with E-state index in [2.05, 4.69) is 10.6 Å². The highest BCUT2D eigenvalue weighted by atomic mass is 32.1. The number of nitrogens with zero attached hydrogens (tertiary/aromatic N) is 1. The van der Waals surface area contributed by atoms with Crippen LogP contribution < -0.4 is 10.6 Å². The van der Waals surface area contributed by atoms with Crippen molar-refractivity contribution in [2.75, 3.05) is 10.6 Å². The number of carbonyl (C=O) groups is 2. The molecule has 2 amide bonds. The molecule has 2 N–H and O–H groups in total. The van der Waals surface area contributed by atoms with Gasteiger partial charge in [-0.3, -0.25) is 19.7 Å². The summed E-state index contributed by atoms with van der Waals surface area (Å²) >= 11 is 1.34. The number of hydrogen-bond donors (Lipinski definition) is 2. The molecule has 3 rings (SSSR count). The first-order valence-electron chi connectivity index (χ1n) is 8.20. The zero-order valence-electron chi connectivity index (χ0n) is 14.5. The topological polar surface area (TPSA) is 101 Å². The van der Waals surface area contributed by atoms with Crippen molar-refractivity contribution in [2.45, 2.75) is 0 Å². The van der Waals surface area contributed by atoms with Gasteiger partial charge < -0.3 is 10.6 Å². The highest BCUT2D eigenvalue weighted by molar-refractivity contribution is 7.12. The number of nitro groups is 1. The Hall–Kier alpha value is -3.78. The molecule has 1 heterocycles. The minimum absolute atomic E-state index is 0.0447. The molecule has 0 unspecified atom stereocenters. The van der Waals surface area contributed by atoms with Gasteiger partial charge in [-0.25, -0.2) is 0 Å². The van der Waals surface area contributed by atoms with Gasteiger partial charge >= 0.3 is 0 Å². The van der Waals surface area contributed by atoms with Gasteiger partial charge in [-0.1, -0.05) is 24.3 Å². The van der Waals surface area contributed by atoms with Crippen molar-refractivity contribution < 1.29 is 14.5 Å². The third-order valence-corrected chi connectivity index (χ3v) is 4.51. The Kier molecular flexibility index (Phi) is 5.93. The van der Waals surface area contributed by atoms with E-state index in [0.29, 0.717) is 21.8 Å². The van der Waals surface area contributed by atoms with Crippen molar-refractivity contribution in [1.82, 2.24) is 0 Å². The average molecular weight is 393 g/mol. The molecule has 0 spiro atoms. The molecule has 28 heavy (non-hydrogen) atoms. The van der Waals surface area contributed by atoms with Gasteiger partial charge in [0.2, 0.25) is 5.91 Å². The second-order valence-electron chi connectivity index (χ2n) is 5.69. The molecule has 3 aromatic rings. The van der Waals surface area contributed by atoms with Crippen LogP contribution in [0, 0.1) is 10.1 Å². The monoisotopic (exact) mass is 393 g/mol. The first-order valence-corrected chi connectivity index (χ1v) is 9.08. The molecule has 140 valence electrons. The molecule has 0 aliphatic rings. The molecule has 7 nitrogen and oxygen atoms in total. The lowest BCUT2D eigenvalue weighted by molar-refractivity contribution is -0.384. The highest BCUT2D eigenvalue weighted by Crippen LogP contribution is 2.18. The lowest BCUT2D eigenvalue weighted by Gasteiger charge is -2.07. The number of hydrogen-bond acceptors (Lipinski definition) is 5. The van der Waals surface area contributed by atoms with Crippen LogP contribution in [0.2, 0.25) is 0 Å². The fraction of sp³-hybridized carbons (Fsp3) is 0. The Morgan fingerprint density at radius 2 is 1.71 bits per heavy atom. The van der Waals surface area contributed by atoms with Crippen molar-refractivity contribution >= 4 is 46.3 Å². The molecule has 0 aliphatic heterocycles. The van der Waals surface area contributed by atoms with Crippen molar-refractivity contribution in [3.05, 3.63) is 92.7 Å². The van der Waals surface area contributed by atoms with Crippen molar-refractivity contribution in [2.24, 2.45) is 0 Å². The molecular weight excluding hydrogens is 378 g/mol. The molecule has 0 fully saturated rings. The first kappa shape index (κ1) is 19.0. The fourth-order valence-corrected chi connectivity index (χ4v) is 2.99. The molecule has 0 atom stereocenters. The average Bonchev–Trinajstić information content (AvgIpc) is 3.22. The van der Waals surface area contributed by atoms with E-state index in [1.165, 1.54) is 35.6 Å². The molecule has 0 bridgehead atoms. The number of non-ortho nitro benzene ring substituents is 1. The predicted molar refractivity (Wildman–Crippen MR) is 109 cm³/mol. The summed E-state index contributed by atoms with van der Waals surface area (Å²) in [6.45, 7) is 0. The van der Waals surface area contributed by atoms with Crippen LogP contribution in [0.1, 0.15) is 15.2 Å². The molecule has 2 aromatic carbocycles. The smallest absolute Gasteiger partial charge is 0.270 e. The largest absolute Gasteiger partial charge is 0.322 e. The zero-order chi connectivity index (χ0) is 19.9. The minimum atomic E-state index is -0.493. The summed E-state index contributed by atoms with van der Waals surface area (Å²) in [6, 6.07) is 16.3. The van der Waals surface area contributed by atoms with Gasteiger partial charge in [0.15, 0.2) is 0 Å². The van der Waals surface area contributed by atoms with Crippen LogP contribution in [0.3, 0.4) is 0 Å². The summed E-state index contributed by atoms with van der Waals surface area (Å²) in [6.07, 6.45) is 2.78. The summed E-state index contributed by atoms with van der Waals surface area (Å²) < 4.78 is 0. The third kappa shape index (κ3) is 5.12. The van der Waals surface area contributed by atoms with Gasteiger partial charge in [-0.2, -0.15) is 0 Å². The van der Waals surface area contributed by atoms with Crippen LogP contribution in [0.25, 0.3) is 6.08 Å². The van der Waals surface area contributed by atoms with E-state index in [-0.39, 0.29) is 11.6 Å². The van der Waals surface area contributed by atoms with Crippen molar-refractivity contribution in [3.8, 4) is 0 Å². The number of benzene rings is 2. The number of carbonyl (C=O) groups excluding carboxylic acids is 2. The van der Waals surface area contributed by atoms with Gasteiger partial charge in [0.05, 0.1) is 9.80 Å². The van der Waals surface area contributed by atoms with Crippen molar-refractivity contribution in [3.63, 3.8) is 0 Å². The Bertz CT molecular complexity index is 1050. The van der Waals surface area contributed by atoms with Gasteiger partial charge in [0.25, 0.3) is 11.6 Å². The van der Waals surface area contributed by atoms with Crippen LogP contribution in [0.15, 0.2) is 72.1 Å². The molecule has 0 aliphatic carbocycles. The summed E-state index contributed by atoms with van der Waals surface area (Å²) in [5.41, 5.74) is 1.56. The zero-order valence-corrected chi connectivity index (χ0v) is 15.3. The first-order chi connectivity index (χ1) is 13.5. The Morgan fingerprint density at radius 3 is 2.43 bits per heavy atom. The number of anilines is 2. The summed E-state index contributed by atoms with van der Waals surface area (Å²) in [5, 5.41) is 18.1. The van der Waals surface area contributed by atoms with Crippen LogP contribution in [-0.2, 0) is 4.79 Å². The van der Waals surface area contributed by atoms with Gasteiger partial charge in [-0.05, 0) is 41.3 Å². The highest BCUT2D eigenvalue weighted by Gasteiger charge is 2.08. The van der Waals surface area contributed by atoms with E-state index >= 15 is 0 Å². The molecule has 0 saturated carbocycles. The van der Waals surface area contributed by atoms with Crippen molar-refractivity contribution in [1.29, 1.82) is 0 Å². The molecule has 1 aromatic heterocycles. The number of nitrogens with one attached hydrogen (secondary N) is 2. The van der Waals surface area contributed by atoms with Crippen LogP contribution in [0.5, 0.6) is 0 Å². The van der Waals surface area contributed by atoms with Gasteiger partial charge in [-0.15, -0.1) is 11.3 Å². The third-order valence-electron chi connectivity index (χ3n) is 3.64. The normalized spacial score (nSPS) is 10.6. The maximum atomic E-state index is 12.1. The molecular formula is C20H15N3O4S. The Morgan fingerprint density at radius 1 is 0.964 bits per heavy atom. The molecule has 0 radical (unpaired) electrons. The maximum absolute atomic E-state index is 12.1. The summed E-state index contributed by atoms with van der Waals surface area (Å²) in [7, 11) is 0.